The van der Waals surface area contributed by atoms with E-state index in [9.17, 15) is 0 Å². The van der Waals surface area contributed by atoms with Gasteiger partial charge in [0.1, 0.15) is 6.20 Å². The second kappa shape index (κ2) is 4.60. The molecule has 0 bridgehead atoms. The van der Waals surface area contributed by atoms with E-state index in [0.717, 1.165) is 12.2 Å². The van der Waals surface area contributed by atoms with E-state index in [4.69, 9.17) is 0 Å². The number of hydrogen-bond donors (Lipinski definition) is 0. The average molecular weight is 215 g/mol. The molecule has 0 spiro atoms. The van der Waals surface area contributed by atoms with E-state index in [1.807, 2.05) is 12.3 Å². The van der Waals surface area contributed by atoms with Crippen LogP contribution in [-0.4, -0.2) is 4.98 Å². The quantitative estimate of drug-likeness (QED) is 0.719. The highest BCUT2D eigenvalue weighted by Gasteiger charge is 2.14. The lowest BCUT2D eigenvalue weighted by Crippen LogP contribution is -2.39. The Balaban J connectivity index is 2.37. The first-order valence-corrected chi connectivity index (χ1v) is 5.91. The van der Waals surface area contributed by atoms with Crippen LogP contribution in [0.25, 0.3) is 11.0 Å². The summed E-state index contributed by atoms with van der Waals surface area (Å²) >= 11 is 0. The van der Waals surface area contributed by atoms with Crippen LogP contribution in [0.1, 0.15) is 20.8 Å². The van der Waals surface area contributed by atoms with Crippen LogP contribution in [-0.2, 0) is 6.54 Å². The minimum Gasteiger partial charge on any atom is -0.230 e. The summed E-state index contributed by atoms with van der Waals surface area (Å²) in [6, 6.07) is 8.30. The van der Waals surface area contributed by atoms with Crippen LogP contribution in [0, 0.1) is 11.8 Å². The molecule has 0 unspecified atom stereocenters. The standard InChI is InChI=1S/C14H19N2/c1-11(2)12(3)10-16-9-5-7-13-6-4-8-15-14(13)16/h4-9,11-12H,10H2,1-3H3/q+1/t12-/m0/s1. The van der Waals surface area contributed by atoms with Crippen LogP contribution in [0.4, 0.5) is 0 Å². The zero-order valence-electron chi connectivity index (χ0n) is 10.2. The lowest BCUT2D eigenvalue weighted by atomic mass is 9.98. The molecule has 2 heterocycles. The molecule has 2 aromatic heterocycles. The number of fused-ring (bicyclic) bond motifs is 1. The van der Waals surface area contributed by atoms with Gasteiger partial charge in [-0.05, 0) is 41.1 Å². The SMILES string of the molecule is CC(C)[C@@H](C)C[n+]1cccc2cccnc21. The molecule has 0 radical (unpaired) electrons. The van der Waals surface area contributed by atoms with Crippen LogP contribution in [0.3, 0.4) is 0 Å². The summed E-state index contributed by atoms with van der Waals surface area (Å²) in [5.41, 5.74) is 1.08. The first-order valence-electron chi connectivity index (χ1n) is 5.91. The zero-order chi connectivity index (χ0) is 11.5. The summed E-state index contributed by atoms with van der Waals surface area (Å²) in [4.78, 5) is 4.46. The summed E-state index contributed by atoms with van der Waals surface area (Å²) < 4.78 is 2.25. The summed E-state index contributed by atoms with van der Waals surface area (Å²) in [6.07, 6.45) is 3.98. The Morgan fingerprint density at radius 2 is 1.94 bits per heavy atom. The summed E-state index contributed by atoms with van der Waals surface area (Å²) in [6.45, 7) is 7.86. The van der Waals surface area contributed by atoms with E-state index >= 15 is 0 Å². The van der Waals surface area contributed by atoms with E-state index in [-0.39, 0.29) is 0 Å². The molecular formula is C14H19N2+. The van der Waals surface area contributed by atoms with E-state index in [0.29, 0.717) is 11.8 Å². The highest BCUT2D eigenvalue weighted by Crippen LogP contribution is 2.11. The number of aromatic nitrogens is 2. The van der Waals surface area contributed by atoms with Crippen molar-refractivity contribution < 1.29 is 4.57 Å². The second-order valence-corrected chi connectivity index (χ2v) is 4.80. The fourth-order valence-corrected chi connectivity index (χ4v) is 1.77. The fraction of sp³-hybridized carbons (Fsp3) is 0.429. The molecule has 0 N–H and O–H groups in total. The van der Waals surface area contributed by atoms with Crippen molar-refractivity contribution in [1.82, 2.24) is 4.98 Å². The van der Waals surface area contributed by atoms with Gasteiger partial charge < -0.3 is 0 Å². The van der Waals surface area contributed by atoms with Gasteiger partial charge in [0.2, 0.25) is 0 Å². The Morgan fingerprint density at radius 3 is 2.69 bits per heavy atom. The van der Waals surface area contributed by atoms with E-state index in [2.05, 4.69) is 54.7 Å². The summed E-state index contributed by atoms with van der Waals surface area (Å²) in [5.74, 6) is 1.36. The molecule has 0 aliphatic rings. The number of pyridine rings is 2. The molecule has 2 nitrogen and oxygen atoms in total. The molecule has 0 aliphatic heterocycles. The van der Waals surface area contributed by atoms with Crippen LogP contribution in [0.5, 0.6) is 0 Å². The smallest absolute Gasteiger partial charge is 0.230 e. The van der Waals surface area contributed by atoms with Gasteiger partial charge in [0.25, 0.3) is 0 Å². The minimum absolute atomic E-state index is 0.664. The molecular weight excluding hydrogens is 196 g/mol. The van der Waals surface area contributed by atoms with Crippen LogP contribution >= 0.6 is 0 Å². The molecule has 0 fully saturated rings. The predicted molar refractivity (Wildman–Crippen MR) is 65.9 cm³/mol. The van der Waals surface area contributed by atoms with Crippen molar-refractivity contribution in [3.8, 4) is 0 Å². The first-order chi connectivity index (χ1) is 7.68. The van der Waals surface area contributed by atoms with Crippen molar-refractivity contribution in [2.45, 2.75) is 27.3 Å². The Kier molecular flexibility index (Phi) is 3.18. The normalized spacial score (nSPS) is 13.2. The monoisotopic (exact) mass is 215 g/mol. The molecule has 0 aliphatic carbocycles. The van der Waals surface area contributed by atoms with Crippen LogP contribution < -0.4 is 4.57 Å². The lowest BCUT2D eigenvalue weighted by Gasteiger charge is -2.13. The van der Waals surface area contributed by atoms with Crippen LogP contribution in [0.15, 0.2) is 36.7 Å². The van der Waals surface area contributed by atoms with Gasteiger partial charge in [0.15, 0.2) is 0 Å². The third-order valence-electron chi connectivity index (χ3n) is 3.25. The van der Waals surface area contributed by atoms with Gasteiger partial charge in [-0.25, -0.2) is 4.57 Å². The molecule has 0 aromatic carbocycles. The molecule has 2 aromatic rings. The Labute approximate surface area is 97.0 Å². The maximum Gasteiger partial charge on any atom is 0.330 e. The van der Waals surface area contributed by atoms with Crippen molar-refractivity contribution >= 4 is 11.0 Å². The highest BCUT2D eigenvalue weighted by molar-refractivity contribution is 5.70. The molecule has 0 saturated carbocycles. The van der Waals surface area contributed by atoms with Crippen molar-refractivity contribution in [1.29, 1.82) is 0 Å². The Morgan fingerprint density at radius 1 is 1.19 bits per heavy atom. The van der Waals surface area contributed by atoms with E-state index in [1.165, 1.54) is 5.39 Å². The van der Waals surface area contributed by atoms with Crippen LogP contribution in [0.2, 0.25) is 0 Å². The Bertz CT molecular complexity index is 472. The van der Waals surface area contributed by atoms with E-state index < -0.39 is 0 Å². The van der Waals surface area contributed by atoms with Gasteiger partial charge >= 0.3 is 5.65 Å². The maximum absolute atomic E-state index is 4.46. The van der Waals surface area contributed by atoms with Crippen molar-refractivity contribution in [3.63, 3.8) is 0 Å². The zero-order valence-corrected chi connectivity index (χ0v) is 10.2. The van der Waals surface area contributed by atoms with Gasteiger partial charge in [-0.15, -0.1) is 0 Å². The fourth-order valence-electron chi connectivity index (χ4n) is 1.77. The second-order valence-electron chi connectivity index (χ2n) is 4.80. The topological polar surface area (TPSA) is 16.8 Å². The molecule has 0 saturated heterocycles. The molecule has 0 amide bonds. The van der Waals surface area contributed by atoms with Gasteiger partial charge in [-0.1, -0.05) is 20.8 Å². The lowest BCUT2D eigenvalue weighted by molar-refractivity contribution is -0.680. The van der Waals surface area contributed by atoms with Gasteiger partial charge in [0, 0.05) is 0 Å². The van der Waals surface area contributed by atoms with Gasteiger partial charge in [-0.3, -0.25) is 0 Å². The van der Waals surface area contributed by atoms with Gasteiger partial charge in [0.05, 0.1) is 18.1 Å². The first kappa shape index (κ1) is 11.1. The minimum atomic E-state index is 0.664. The van der Waals surface area contributed by atoms with Crippen molar-refractivity contribution in [3.05, 3.63) is 36.7 Å². The third kappa shape index (κ3) is 2.21. The summed E-state index contributed by atoms with van der Waals surface area (Å²) in [7, 11) is 0. The van der Waals surface area contributed by atoms with E-state index in [1.54, 1.807) is 0 Å². The molecule has 84 valence electrons. The average Bonchev–Trinajstić information content (AvgIpc) is 2.29. The molecule has 16 heavy (non-hydrogen) atoms. The number of nitrogens with zero attached hydrogens (tertiary/aromatic N) is 2. The molecule has 1 atom stereocenters. The van der Waals surface area contributed by atoms with Crippen molar-refractivity contribution in [2.75, 3.05) is 0 Å². The molecule has 2 rings (SSSR count). The van der Waals surface area contributed by atoms with Gasteiger partial charge in [-0.2, -0.15) is 0 Å². The third-order valence-corrected chi connectivity index (χ3v) is 3.25. The largest absolute Gasteiger partial charge is 0.330 e. The summed E-state index contributed by atoms with van der Waals surface area (Å²) in [5, 5.41) is 1.21. The maximum atomic E-state index is 4.46. The highest BCUT2D eigenvalue weighted by atomic mass is 15.0. The number of hydrogen-bond acceptors (Lipinski definition) is 1. The van der Waals surface area contributed by atoms with Crippen molar-refractivity contribution in [2.24, 2.45) is 11.8 Å². The Hall–Kier alpha value is -1.44. The predicted octanol–water partition coefficient (Wildman–Crippen LogP) is 2.81. The molecule has 2 heteroatoms. The number of rotatable bonds is 3.